The molecule has 0 radical (unpaired) electrons. The molecule has 0 spiro atoms. The van der Waals surface area contributed by atoms with E-state index >= 15 is 0 Å². The van der Waals surface area contributed by atoms with E-state index in [2.05, 4.69) is 38.6 Å². The third-order valence-electron chi connectivity index (χ3n) is 3.61. The van der Waals surface area contributed by atoms with Gasteiger partial charge in [0.2, 0.25) is 0 Å². The van der Waals surface area contributed by atoms with Gasteiger partial charge in [0.05, 0.1) is 0 Å². The third-order valence-corrected chi connectivity index (χ3v) is 3.61. The zero-order valence-corrected chi connectivity index (χ0v) is 10.7. The molecule has 2 N–H and O–H groups in total. The Balaban J connectivity index is 2.08. The molecular weight excluding hydrogens is 210 g/mol. The predicted molar refractivity (Wildman–Crippen MR) is 71.3 cm³/mol. The van der Waals surface area contributed by atoms with Crippen molar-refractivity contribution in [1.29, 1.82) is 0 Å². The second kappa shape index (κ2) is 4.53. The van der Waals surface area contributed by atoms with E-state index in [1.807, 2.05) is 6.08 Å². The van der Waals surface area contributed by atoms with Gasteiger partial charge in [0, 0.05) is 18.4 Å². The summed E-state index contributed by atoms with van der Waals surface area (Å²) < 4.78 is 5.96. The summed E-state index contributed by atoms with van der Waals surface area (Å²) in [7, 11) is 0. The SMILES string of the molecule is C=CC(C)(CN)CC1Cc2cc(C)ccc2O1. The molecule has 17 heavy (non-hydrogen) atoms. The molecule has 92 valence electrons. The topological polar surface area (TPSA) is 35.2 Å². The second-order valence-electron chi connectivity index (χ2n) is 5.32. The van der Waals surface area contributed by atoms with Gasteiger partial charge in [-0.15, -0.1) is 6.58 Å². The molecule has 1 aromatic carbocycles. The van der Waals surface area contributed by atoms with E-state index in [0.29, 0.717) is 6.54 Å². The Morgan fingerprint density at radius 2 is 2.35 bits per heavy atom. The van der Waals surface area contributed by atoms with Crippen LogP contribution >= 0.6 is 0 Å². The number of aryl methyl sites for hydroxylation is 1. The summed E-state index contributed by atoms with van der Waals surface area (Å²) in [5.41, 5.74) is 8.38. The van der Waals surface area contributed by atoms with Gasteiger partial charge < -0.3 is 10.5 Å². The number of ether oxygens (including phenoxy) is 1. The Morgan fingerprint density at radius 3 is 3.00 bits per heavy atom. The summed E-state index contributed by atoms with van der Waals surface area (Å²) in [6, 6.07) is 6.37. The molecule has 1 aliphatic heterocycles. The Kier molecular flexibility index (Phi) is 3.25. The fourth-order valence-corrected chi connectivity index (χ4v) is 2.33. The van der Waals surface area contributed by atoms with Crippen LogP contribution in [0.1, 0.15) is 24.5 Å². The van der Waals surface area contributed by atoms with Crippen LogP contribution < -0.4 is 10.5 Å². The highest BCUT2D eigenvalue weighted by Gasteiger charge is 2.29. The van der Waals surface area contributed by atoms with E-state index in [1.54, 1.807) is 0 Å². The molecule has 0 amide bonds. The van der Waals surface area contributed by atoms with Gasteiger partial charge in [0.25, 0.3) is 0 Å². The first kappa shape index (κ1) is 12.2. The predicted octanol–water partition coefficient (Wildman–Crippen LogP) is 2.84. The van der Waals surface area contributed by atoms with Crippen LogP contribution in [0.2, 0.25) is 0 Å². The summed E-state index contributed by atoms with van der Waals surface area (Å²) in [5.74, 6) is 1.03. The summed E-state index contributed by atoms with van der Waals surface area (Å²) in [4.78, 5) is 0. The summed E-state index contributed by atoms with van der Waals surface area (Å²) in [6.07, 6.45) is 4.10. The fraction of sp³-hybridized carbons (Fsp3) is 0.467. The number of rotatable bonds is 4. The molecule has 2 rings (SSSR count). The molecule has 2 atom stereocenters. The van der Waals surface area contributed by atoms with Crippen LogP contribution in [0.15, 0.2) is 30.9 Å². The third kappa shape index (κ3) is 2.52. The zero-order chi connectivity index (χ0) is 12.5. The van der Waals surface area contributed by atoms with Crippen molar-refractivity contribution in [2.45, 2.75) is 32.8 Å². The van der Waals surface area contributed by atoms with Crippen LogP contribution in [0.3, 0.4) is 0 Å². The van der Waals surface area contributed by atoms with Crippen molar-refractivity contribution in [2.75, 3.05) is 6.54 Å². The molecule has 2 heteroatoms. The summed E-state index contributed by atoms with van der Waals surface area (Å²) >= 11 is 0. The average molecular weight is 231 g/mol. The molecule has 2 unspecified atom stereocenters. The van der Waals surface area contributed by atoms with Crippen LogP contribution in [0.25, 0.3) is 0 Å². The average Bonchev–Trinajstić information content (AvgIpc) is 2.70. The number of benzene rings is 1. The number of hydrogen-bond donors (Lipinski definition) is 1. The highest BCUT2D eigenvalue weighted by atomic mass is 16.5. The number of fused-ring (bicyclic) bond motifs is 1. The molecule has 0 fully saturated rings. The molecule has 0 saturated heterocycles. The minimum atomic E-state index is -0.0260. The van der Waals surface area contributed by atoms with Crippen LogP contribution in [-0.2, 0) is 6.42 Å². The molecule has 0 aromatic heterocycles. The van der Waals surface area contributed by atoms with Crippen LogP contribution in [0, 0.1) is 12.3 Å². The minimum Gasteiger partial charge on any atom is -0.490 e. The molecule has 0 aliphatic carbocycles. The normalized spacial score (nSPS) is 21.5. The van der Waals surface area contributed by atoms with E-state index in [-0.39, 0.29) is 11.5 Å². The van der Waals surface area contributed by atoms with Crippen LogP contribution in [0.4, 0.5) is 0 Å². The Bertz CT molecular complexity index is 427. The van der Waals surface area contributed by atoms with E-state index in [4.69, 9.17) is 10.5 Å². The van der Waals surface area contributed by atoms with Gasteiger partial charge in [0.15, 0.2) is 0 Å². The summed E-state index contributed by atoms with van der Waals surface area (Å²) in [6.45, 7) is 8.74. The first-order chi connectivity index (χ1) is 8.06. The minimum absolute atomic E-state index is 0.0260. The highest BCUT2D eigenvalue weighted by molar-refractivity contribution is 5.40. The van der Waals surface area contributed by atoms with E-state index in [1.165, 1.54) is 11.1 Å². The van der Waals surface area contributed by atoms with E-state index in [9.17, 15) is 0 Å². The largest absolute Gasteiger partial charge is 0.490 e. The number of hydrogen-bond acceptors (Lipinski definition) is 2. The van der Waals surface area contributed by atoms with Crippen LogP contribution in [0.5, 0.6) is 5.75 Å². The summed E-state index contributed by atoms with van der Waals surface area (Å²) in [5, 5.41) is 0. The highest BCUT2D eigenvalue weighted by Crippen LogP contribution is 2.35. The lowest BCUT2D eigenvalue weighted by molar-refractivity contribution is 0.175. The molecule has 0 saturated carbocycles. The first-order valence-corrected chi connectivity index (χ1v) is 6.16. The van der Waals surface area contributed by atoms with Gasteiger partial charge in [-0.05, 0) is 25.0 Å². The standard InChI is InChI=1S/C15H21NO/c1-4-15(3,10-16)9-13-8-12-7-11(2)5-6-14(12)17-13/h4-7,13H,1,8-10,16H2,2-3H3. The Morgan fingerprint density at radius 1 is 1.59 bits per heavy atom. The van der Waals surface area contributed by atoms with Crippen molar-refractivity contribution >= 4 is 0 Å². The van der Waals surface area contributed by atoms with Gasteiger partial charge in [0.1, 0.15) is 11.9 Å². The van der Waals surface area contributed by atoms with Gasteiger partial charge in [-0.2, -0.15) is 0 Å². The van der Waals surface area contributed by atoms with Crippen LogP contribution in [-0.4, -0.2) is 12.6 Å². The second-order valence-corrected chi connectivity index (χ2v) is 5.32. The van der Waals surface area contributed by atoms with Gasteiger partial charge >= 0.3 is 0 Å². The maximum absolute atomic E-state index is 5.96. The molecule has 2 nitrogen and oxygen atoms in total. The Hall–Kier alpha value is -1.28. The van der Waals surface area contributed by atoms with Gasteiger partial charge in [-0.1, -0.05) is 30.7 Å². The van der Waals surface area contributed by atoms with Crippen molar-refractivity contribution in [3.8, 4) is 5.75 Å². The van der Waals surface area contributed by atoms with Crippen molar-refractivity contribution in [2.24, 2.45) is 11.1 Å². The fourth-order valence-electron chi connectivity index (χ4n) is 2.33. The molecule has 1 aromatic rings. The number of nitrogens with two attached hydrogens (primary N) is 1. The molecular formula is C15H21NO. The smallest absolute Gasteiger partial charge is 0.123 e. The Labute approximate surface area is 103 Å². The van der Waals surface area contributed by atoms with Gasteiger partial charge in [-0.3, -0.25) is 0 Å². The van der Waals surface area contributed by atoms with E-state index in [0.717, 1.165) is 18.6 Å². The van der Waals surface area contributed by atoms with Crippen molar-refractivity contribution in [3.05, 3.63) is 42.0 Å². The maximum Gasteiger partial charge on any atom is 0.123 e. The van der Waals surface area contributed by atoms with Crippen molar-refractivity contribution in [1.82, 2.24) is 0 Å². The van der Waals surface area contributed by atoms with Gasteiger partial charge in [-0.25, -0.2) is 0 Å². The molecule has 1 heterocycles. The molecule has 0 bridgehead atoms. The van der Waals surface area contributed by atoms with Crippen molar-refractivity contribution in [3.63, 3.8) is 0 Å². The van der Waals surface area contributed by atoms with E-state index < -0.39 is 0 Å². The monoisotopic (exact) mass is 231 g/mol. The lowest BCUT2D eigenvalue weighted by atomic mass is 9.84. The molecule has 1 aliphatic rings. The maximum atomic E-state index is 5.96. The quantitative estimate of drug-likeness (QED) is 0.809. The lowest BCUT2D eigenvalue weighted by Gasteiger charge is -2.26. The lowest BCUT2D eigenvalue weighted by Crippen LogP contribution is -2.31. The zero-order valence-electron chi connectivity index (χ0n) is 10.7. The first-order valence-electron chi connectivity index (χ1n) is 6.16. The van der Waals surface area contributed by atoms with Crippen molar-refractivity contribution < 1.29 is 4.74 Å².